The second-order valence-electron chi connectivity index (χ2n) is 3.63. The summed E-state index contributed by atoms with van der Waals surface area (Å²) in [5, 5.41) is 4.35. The highest BCUT2D eigenvalue weighted by Gasteiger charge is 2.04. The van der Waals surface area contributed by atoms with Crippen molar-refractivity contribution in [3.05, 3.63) is 36.7 Å². The number of hydrogen-bond acceptors (Lipinski definition) is 3. The number of rotatable bonds is 3. The van der Waals surface area contributed by atoms with Crippen molar-refractivity contribution in [1.29, 1.82) is 0 Å². The number of nitrogens with two attached hydrogens (primary N) is 1. The van der Waals surface area contributed by atoms with E-state index in [0.29, 0.717) is 6.54 Å². The first kappa shape index (κ1) is 9.86. The van der Waals surface area contributed by atoms with Crippen LogP contribution in [0.2, 0.25) is 0 Å². The first-order chi connectivity index (χ1) is 7.25. The molecule has 2 N–H and O–H groups in total. The second kappa shape index (κ2) is 4.23. The highest BCUT2D eigenvalue weighted by Crippen LogP contribution is 2.12. The molecule has 0 aliphatic carbocycles. The first-order valence-electron chi connectivity index (χ1n) is 4.96. The maximum Gasteiger partial charge on any atom is 0.181 e. The van der Waals surface area contributed by atoms with E-state index in [4.69, 9.17) is 5.73 Å². The second-order valence-corrected chi connectivity index (χ2v) is 3.63. The lowest BCUT2D eigenvalue weighted by atomic mass is 10.2. The standard InChI is InChI=1S/C11H14N4/c1-9(12)7-15-8-13-11(14-15)10-5-3-2-4-6-10/h2-6,8-9H,7,12H2,1H3. The van der Waals surface area contributed by atoms with Gasteiger partial charge in [-0.25, -0.2) is 4.98 Å². The third kappa shape index (κ3) is 2.41. The molecule has 2 rings (SSSR count). The molecule has 1 unspecified atom stereocenters. The van der Waals surface area contributed by atoms with Gasteiger partial charge in [-0.3, -0.25) is 4.68 Å². The molecule has 0 aliphatic heterocycles. The molecule has 0 spiro atoms. The van der Waals surface area contributed by atoms with E-state index in [1.54, 1.807) is 11.0 Å². The summed E-state index contributed by atoms with van der Waals surface area (Å²) in [7, 11) is 0. The molecule has 0 amide bonds. The number of benzene rings is 1. The van der Waals surface area contributed by atoms with E-state index in [9.17, 15) is 0 Å². The number of hydrogen-bond donors (Lipinski definition) is 1. The summed E-state index contributed by atoms with van der Waals surface area (Å²) in [5.74, 6) is 0.747. The molecule has 1 aromatic heterocycles. The topological polar surface area (TPSA) is 56.7 Å². The van der Waals surface area contributed by atoms with E-state index in [0.717, 1.165) is 11.4 Å². The summed E-state index contributed by atoms with van der Waals surface area (Å²) >= 11 is 0. The summed E-state index contributed by atoms with van der Waals surface area (Å²) in [4.78, 5) is 4.24. The molecule has 0 fully saturated rings. The highest BCUT2D eigenvalue weighted by atomic mass is 15.3. The van der Waals surface area contributed by atoms with Gasteiger partial charge in [-0.1, -0.05) is 30.3 Å². The number of aromatic nitrogens is 3. The van der Waals surface area contributed by atoms with Gasteiger partial charge in [0.25, 0.3) is 0 Å². The lowest BCUT2D eigenvalue weighted by molar-refractivity contribution is 0.538. The van der Waals surface area contributed by atoms with Gasteiger partial charge in [0.15, 0.2) is 5.82 Å². The maximum atomic E-state index is 5.68. The van der Waals surface area contributed by atoms with Crippen molar-refractivity contribution in [3.63, 3.8) is 0 Å². The van der Waals surface area contributed by atoms with Crippen molar-refractivity contribution in [3.8, 4) is 11.4 Å². The summed E-state index contributed by atoms with van der Waals surface area (Å²) in [6, 6.07) is 10.00. The Morgan fingerprint density at radius 1 is 1.33 bits per heavy atom. The summed E-state index contributed by atoms with van der Waals surface area (Å²) in [6.07, 6.45) is 1.71. The predicted octanol–water partition coefficient (Wildman–Crippen LogP) is 1.29. The van der Waals surface area contributed by atoms with Crippen LogP contribution in [0, 0.1) is 0 Å². The van der Waals surface area contributed by atoms with Crippen LogP contribution in [0.3, 0.4) is 0 Å². The molecule has 0 saturated carbocycles. The Balaban J connectivity index is 2.21. The average molecular weight is 202 g/mol. The van der Waals surface area contributed by atoms with Crippen LogP contribution < -0.4 is 5.73 Å². The minimum atomic E-state index is 0.0929. The molecule has 1 heterocycles. The molecule has 0 saturated heterocycles. The van der Waals surface area contributed by atoms with Crippen molar-refractivity contribution in [1.82, 2.24) is 14.8 Å². The SMILES string of the molecule is CC(N)Cn1cnc(-c2ccccc2)n1. The Hall–Kier alpha value is -1.68. The van der Waals surface area contributed by atoms with Gasteiger partial charge in [-0.05, 0) is 6.92 Å². The average Bonchev–Trinajstić information content (AvgIpc) is 2.67. The largest absolute Gasteiger partial charge is 0.326 e. The van der Waals surface area contributed by atoms with Gasteiger partial charge in [0, 0.05) is 11.6 Å². The molecule has 2 aromatic rings. The third-order valence-electron chi connectivity index (χ3n) is 2.04. The van der Waals surface area contributed by atoms with Crippen LogP contribution >= 0.6 is 0 Å². The minimum absolute atomic E-state index is 0.0929. The molecule has 15 heavy (non-hydrogen) atoms. The predicted molar refractivity (Wildman–Crippen MR) is 59.1 cm³/mol. The van der Waals surface area contributed by atoms with E-state index in [1.807, 2.05) is 37.3 Å². The van der Waals surface area contributed by atoms with Crippen molar-refractivity contribution < 1.29 is 0 Å². The fourth-order valence-corrected chi connectivity index (χ4v) is 1.40. The molecular weight excluding hydrogens is 188 g/mol. The van der Waals surface area contributed by atoms with Crippen molar-refractivity contribution >= 4 is 0 Å². The van der Waals surface area contributed by atoms with Gasteiger partial charge in [-0.2, -0.15) is 5.10 Å². The molecule has 0 aliphatic rings. The van der Waals surface area contributed by atoms with Crippen LogP contribution in [0.25, 0.3) is 11.4 Å². The first-order valence-corrected chi connectivity index (χ1v) is 4.96. The fraction of sp³-hybridized carbons (Fsp3) is 0.273. The minimum Gasteiger partial charge on any atom is -0.326 e. The zero-order chi connectivity index (χ0) is 10.7. The van der Waals surface area contributed by atoms with E-state index < -0.39 is 0 Å². The highest BCUT2D eigenvalue weighted by molar-refractivity contribution is 5.53. The van der Waals surface area contributed by atoms with Gasteiger partial charge < -0.3 is 5.73 Å². The van der Waals surface area contributed by atoms with Crippen LogP contribution in [0.15, 0.2) is 36.7 Å². The maximum absolute atomic E-state index is 5.68. The normalized spacial score (nSPS) is 12.7. The molecular formula is C11H14N4. The molecule has 4 heteroatoms. The summed E-state index contributed by atoms with van der Waals surface area (Å²) in [6.45, 7) is 2.64. The summed E-state index contributed by atoms with van der Waals surface area (Å²) < 4.78 is 1.77. The van der Waals surface area contributed by atoms with E-state index in [1.165, 1.54) is 0 Å². The zero-order valence-electron chi connectivity index (χ0n) is 8.67. The fourth-order valence-electron chi connectivity index (χ4n) is 1.40. The molecule has 78 valence electrons. The molecule has 1 aromatic carbocycles. The van der Waals surface area contributed by atoms with Gasteiger partial charge in [0.2, 0.25) is 0 Å². The molecule has 0 radical (unpaired) electrons. The smallest absolute Gasteiger partial charge is 0.181 e. The van der Waals surface area contributed by atoms with Crippen LogP contribution in [0.5, 0.6) is 0 Å². The van der Waals surface area contributed by atoms with Crippen LogP contribution in [-0.4, -0.2) is 20.8 Å². The van der Waals surface area contributed by atoms with Gasteiger partial charge in [0.1, 0.15) is 6.33 Å². The lowest BCUT2D eigenvalue weighted by Gasteiger charge is -2.02. The van der Waals surface area contributed by atoms with Crippen molar-refractivity contribution in [2.24, 2.45) is 5.73 Å². The van der Waals surface area contributed by atoms with Gasteiger partial charge in [0.05, 0.1) is 6.54 Å². The Bertz CT molecular complexity index is 419. The Morgan fingerprint density at radius 2 is 2.07 bits per heavy atom. The monoisotopic (exact) mass is 202 g/mol. The molecule has 1 atom stereocenters. The van der Waals surface area contributed by atoms with Crippen LogP contribution in [0.4, 0.5) is 0 Å². The van der Waals surface area contributed by atoms with Crippen LogP contribution in [-0.2, 0) is 6.54 Å². The third-order valence-corrected chi connectivity index (χ3v) is 2.04. The Labute approximate surface area is 88.8 Å². The van der Waals surface area contributed by atoms with E-state index >= 15 is 0 Å². The van der Waals surface area contributed by atoms with Gasteiger partial charge >= 0.3 is 0 Å². The zero-order valence-corrected chi connectivity index (χ0v) is 8.67. The van der Waals surface area contributed by atoms with Crippen molar-refractivity contribution in [2.45, 2.75) is 19.5 Å². The van der Waals surface area contributed by atoms with Crippen LogP contribution in [0.1, 0.15) is 6.92 Å². The van der Waals surface area contributed by atoms with Crippen molar-refractivity contribution in [2.75, 3.05) is 0 Å². The number of nitrogens with zero attached hydrogens (tertiary/aromatic N) is 3. The molecule has 0 bridgehead atoms. The van der Waals surface area contributed by atoms with E-state index in [2.05, 4.69) is 10.1 Å². The Kier molecular flexibility index (Phi) is 2.78. The van der Waals surface area contributed by atoms with Gasteiger partial charge in [-0.15, -0.1) is 0 Å². The van der Waals surface area contributed by atoms with E-state index in [-0.39, 0.29) is 6.04 Å². The lowest BCUT2D eigenvalue weighted by Crippen LogP contribution is -2.22. The molecule has 4 nitrogen and oxygen atoms in total. The quantitative estimate of drug-likeness (QED) is 0.816. The summed E-state index contributed by atoms with van der Waals surface area (Å²) in [5.41, 5.74) is 6.71. The Morgan fingerprint density at radius 3 is 2.73 bits per heavy atom.